The van der Waals surface area contributed by atoms with Crippen LogP contribution in [0.4, 0.5) is 10.1 Å². The Labute approximate surface area is 146 Å². The highest BCUT2D eigenvalue weighted by Crippen LogP contribution is 2.38. The normalized spacial score (nSPS) is 22.4. The first kappa shape index (κ1) is 18.1. The number of rotatable bonds is 4. The molecule has 0 amide bonds. The van der Waals surface area contributed by atoms with Gasteiger partial charge in [0.15, 0.2) is 5.75 Å². The molecule has 6 nitrogen and oxygen atoms in total. The van der Waals surface area contributed by atoms with E-state index in [0.29, 0.717) is 0 Å². The molecule has 0 bridgehead atoms. The molecule has 0 N–H and O–H groups in total. The van der Waals surface area contributed by atoms with Crippen LogP contribution in [-0.4, -0.2) is 29.3 Å². The quantitative estimate of drug-likeness (QED) is 0.473. The first-order valence-corrected chi connectivity index (χ1v) is 8.61. The summed E-state index contributed by atoms with van der Waals surface area (Å²) < 4.78 is 32.0. The second-order valence-electron chi connectivity index (χ2n) is 7.71. The van der Waals surface area contributed by atoms with Crippen molar-refractivity contribution in [3.05, 3.63) is 28.1 Å². The van der Waals surface area contributed by atoms with Crippen LogP contribution in [0.3, 0.4) is 0 Å². The van der Waals surface area contributed by atoms with E-state index < -0.39 is 29.1 Å². The number of nitro groups is 1. The SMILES string of the molecule is CC1(C)OB(c2cc([N+](=O)[O-])c(OC3CCCC3)cc2F)OC1(C)C. The lowest BCUT2D eigenvalue weighted by Gasteiger charge is -2.32. The van der Waals surface area contributed by atoms with E-state index in [1.165, 1.54) is 6.07 Å². The Balaban J connectivity index is 1.93. The van der Waals surface area contributed by atoms with E-state index >= 15 is 0 Å². The van der Waals surface area contributed by atoms with E-state index in [2.05, 4.69) is 0 Å². The molecule has 1 aromatic rings. The van der Waals surface area contributed by atoms with Gasteiger partial charge < -0.3 is 14.0 Å². The van der Waals surface area contributed by atoms with Crippen LogP contribution in [0.2, 0.25) is 0 Å². The lowest BCUT2D eigenvalue weighted by atomic mass is 9.78. The molecule has 1 saturated carbocycles. The van der Waals surface area contributed by atoms with Crippen molar-refractivity contribution in [2.24, 2.45) is 0 Å². The molecule has 0 radical (unpaired) electrons. The van der Waals surface area contributed by atoms with Crippen LogP contribution < -0.4 is 10.2 Å². The molecule has 2 aliphatic rings. The Bertz CT molecular complexity index is 672. The van der Waals surface area contributed by atoms with Gasteiger partial charge in [-0.25, -0.2) is 4.39 Å². The first-order chi connectivity index (χ1) is 11.6. The molecule has 3 rings (SSSR count). The Morgan fingerprint density at radius 3 is 2.28 bits per heavy atom. The van der Waals surface area contributed by atoms with Gasteiger partial charge in [0, 0.05) is 17.6 Å². The minimum absolute atomic E-state index is 0.0177. The van der Waals surface area contributed by atoms with E-state index in [1.54, 1.807) is 0 Å². The molecule has 0 aromatic heterocycles. The number of benzene rings is 1. The molecule has 0 unspecified atom stereocenters. The molecule has 1 heterocycles. The summed E-state index contributed by atoms with van der Waals surface area (Å²) in [6, 6.07) is 2.25. The molecule has 0 spiro atoms. The van der Waals surface area contributed by atoms with E-state index in [0.717, 1.165) is 31.7 Å². The molecule has 8 heteroatoms. The minimum Gasteiger partial charge on any atom is -0.483 e. The summed E-state index contributed by atoms with van der Waals surface area (Å²) in [5.41, 5.74) is -1.56. The Hall–Kier alpha value is -1.67. The molecule has 1 aliphatic carbocycles. The van der Waals surface area contributed by atoms with Gasteiger partial charge in [0.2, 0.25) is 0 Å². The fourth-order valence-corrected chi connectivity index (χ4v) is 3.13. The van der Waals surface area contributed by atoms with E-state index in [1.807, 2.05) is 27.7 Å². The second kappa shape index (κ2) is 6.25. The number of hydrogen-bond acceptors (Lipinski definition) is 5. The number of nitrogens with zero attached hydrogens (tertiary/aromatic N) is 1. The van der Waals surface area contributed by atoms with Gasteiger partial charge in [-0.15, -0.1) is 0 Å². The zero-order valence-electron chi connectivity index (χ0n) is 15.0. The summed E-state index contributed by atoms with van der Waals surface area (Å²) in [4.78, 5) is 10.9. The fraction of sp³-hybridized carbons (Fsp3) is 0.647. The van der Waals surface area contributed by atoms with Gasteiger partial charge in [-0.3, -0.25) is 10.1 Å². The Morgan fingerprint density at radius 2 is 1.76 bits per heavy atom. The van der Waals surface area contributed by atoms with Crippen molar-refractivity contribution in [2.75, 3.05) is 0 Å². The predicted molar refractivity (Wildman–Crippen MR) is 91.7 cm³/mol. The Kier molecular flexibility index (Phi) is 4.53. The van der Waals surface area contributed by atoms with Crippen molar-refractivity contribution >= 4 is 18.3 Å². The minimum atomic E-state index is -0.996. The smallest absolute Gasteiger partial charge is 0.483 e. The molecule has 1 saturated heterocycles. The summed E-state index contributed by atoms with van der Waals surface area (Å²) in [6.07, 6.45) is 3.61. The van der Waals surface area contributed by atoms with E-state index in [9.17, 15) is 14.5 Å². The maximum absolute atomic E-state index is 14.7. The zero-order valence-corrected chi connectivity index (χ0v) is 15.0. The second-order valence-corrected chi connectivity index (χ2v) is 7.71. The average Bonchev–Trinajstić information content (AvgIpc) is 3.05. The summed E-state index contributed by atoms with van der Waals surface area (Å²) in [7, 11) is -0.996. The van der Waals surface area contributed by atoms with Crippen molar-refractivity contribution < 1.29 is 23.4 Å². The van der Waals surface area contributed by atoms with E-state index in [4.69, 9.17) is 14.0 Å². The van der Waals surface area contributed by atoms with Crippen LogP contribution >= 0.6 is 0 Å². The number of hydrogen-bond donors (Lipinski definition) is 0. The third-order valence-electron chi connectivity index (χ3n) is 5.38. The highest BCUT2D eigenvalue weighted by molar-refractivity contribution is 6.62. The van der Waals surface area contributed by atoms with Crippen LogP contribution in [0.25, 0.3) is 0 Å². The number of nitro benzene ring substituents is 1. The summed E-state index contributed by atoms with van der Waals surface area (Å²) >= 11 is 0. The standard InChI is InChI=1S/C17H23BFNO5/c1-16(2)17(3,4)25-18(24-16)12-9-14(20(21)22)15(10-13(12)19)23-11-7-5-6-8-11/h9-11H,5-8H2,1-4H3. The van der Waals surface area contributed by atoms with Crippen molar-refractivity contribution in [3.8, 4) is 5.75 Å². The van der Waals surface area contributed by atoms with Crippen molar-refractivity contribution in [1.29, 1.82) is 0 Å². The Morgan fingerprint density at radius 1 is 1.20 bits per heavy atom. The van der Waals surface area contributed by atoms with Crippen molar-refractivity contribution in [1.82, 2.24) is 0 Å². The van der Waals surface area contributed by atoms with Gasteiger partial charge in [0.05, 0.1) is 22.2 Å². The van der Waals surface area contributed by atoms with Crippen molar-refractivity contribution in [2.45, 2.75) is 70.7 Å². The topological polar surface area (TPSA) is 70.8 Å². The highest BCUT2D eigenvalue weighted by Gasteiger charge is 2.53. The fourth-order valence-electron chi connectivity index (χ4n) is 3.13. The lowest BCUT2D eigenvalue weighted by Crippen LogP contribution is -2.41. The maximum Gasteiger partial charge on any atom is 0.498 e. The van der Waals surface area contributed by atoms with Gasteiger partial charge in [0.25, 0.3) is 0 Å². The third kappa shape index (κ3) is 3.37. The van der Waals surface area contributed by atoms with Gasteiger partial charge in [-0.1, -0.05) is 0 Å². The van der Waals surface area contributed by atoms with Crippen LogP contribution in [0, 0.1) is 15.9 Å². The summed E-state index contributed by atoms with van der Waals surface area (Å²) in [5.74, 6) is -0.660. The van der Waals surface area contributed by atoms with Gasteiger partial charge in [-0.05, 0) is 53.4 Å². The van der Waals surface area contributed by atoms with Crippen molar-refractivity contribution in [3.63, 3.8) is 0 Å². The molecule has 1 aliphatic heterocycles. The van der Waals surface area contributed by atoms with E-state index in [-0.39, 0.29) is 23.0 Å². The third-order valence-corrected chi connectivity index (χ3v) is 5.38. The molecule has 0 atom stereocenters. The lowest BCUT2D eigenvalue weighted by molar-refractivity contribution is -0.386. The summed E-state index contributed by atoms with van der Waals surface area (Å²) in [6.45, 7) is 7.38. The predicted octanol–water partition coefficient (Wildman–Crippen LogP) is 3.35. The molecule has 136 valence electrons. The zero-order chi connectivity index (χ0) is 18.4. The monoisotopic (exact) mass is 351 g/mol. The van der Waals surface area contributed by atoms with Gasteiger partial charge in [-0.2, -0.15) is 0 Å². The largest absolute Gasteiger partial charge is 0.498 e. The number of halogens is 1. The maximum atomic E-state index is 14.7. The molecule has 1 aromatic carbocycles. The number of ether oxygens (including phenoxy) is 1. The van der Waals surface area contributed by atoms with Crippen LogP contribution in [0.15, 0.2) is 12.1 Å². The first-order valence-electron chi connectivity index (χ1n) is 8.61. The van der Waals surface area contributed by atoms with Crippen LogP contribution in [-0.2, 0) is 9.31 Å². The molecule has 2 fully saturated rings. The molecular weight excluding hydrogens is 328 g/mol. The van der Waals surface area contributed by atoms with Gasteiger partial charge in [0.1, 0.15) is 5.82 Å². The average molecular weight is 351 g/mol. The molecule has 25 heavy (non-hydrogen) atoms. The highest BCUT2D eigenvalue weighted by atomic mass is 19.1. The molecular formula is C17H23BFNO5. The summed E-state index contributed by atoms with van der Waals surface area (Å²) in [5, 5.41) is 11.5. The van der Waals surface area contributed by atoms with Gasteiger partial charge >= 0.3 is 12.8 Å². The van der Waals surface area contributed by atoms with Crippen LogP contribution in [0.1, 0.15) is 53.4 Å². The van der Waals surface area contributed by atoms with Crippen LogP contribution in [0.5, 0.6) is 5.75 Å².